The molecule has 7 rings (SSSR count). The third kappa shape index (κ3) is 9.16. The maximum absolute atomic E-state index is 12.6. The predicted octanol–water partition coefficient (Wildman–Crippen LogP) is 12.6. The Balaban J connectivity index is 0.00000585. The Morgan fingerprint density at radius 1 is 0.542 bits per heavy atom. The summed E-state index contributed by atoms with van der Waals surface area (Å²) in [6, 6.07) is 24.0. The van der Waals surface area contributed by atoms with Gasteiger partial charge in [-0.25, -0.2) is 14.8 Å². The molecule has 7 heteroatoms. The van der Waals surface area contributed by atoms with Crippen LogP contribution in [0.25, 0.3) is 74.7 Å². The molecule has 3 aromatic heterocycles. The van der Waals surface area contributed by atoms with E-state index in [9.17, 15) is 4.79 Å². The molecule has 2 aromatic carbocycles. The maximum Gasteiger partial charge on any atom is 2.00 e. The minimum absolute atomic E-state index is 0. The molecule has 0 saturated carbocycles. The molecular weight excluding hydrogens is 771 g/mol. The fraction of sp³-hybridized carbons (Fsp3) is 0.327. The quantitative estimate of drug-likeness (QED) is 0.0999. The van der Waals surface area contributed by atoms with Crippen LogP contribution in [0.3, 0.4) is 0 Å². The van der Waals surface area contributed by atoms with Crippen LogP contribution in [0, 0.1) is 0 Å². The number of hydrogen-bond donors (Lipinski definition) is 0. The third-order valence-electron chi connectivity index (χ3n) is 11.0. The molecule has 6 nitrogen and oxygen atoms in total. The Kier molecular flexibility index (Phi) is 11.6. The van der Waals surface area contributed by atoms with Crippen LogP contribution in [0.1, 0.15) is 134 Å². The number of methoxy groups -OCH3 is 1. The van der Waals surface area contributed by atoms with Gasteiger partial charge in [0.05, 0.1) is 29.9 Å². The van der Waals surface area contributed by atoms with E-state index in [0.717, 1.165) is 55.9 Å². The van der Waals surface area contributed by atoms with Crippen molar-refractivity contribution in [2.75, 3.05) is 7.11 Å². The van der Waals surface area contributed by atoms with Gasteiger partial charge in [0, 0.05) is 6.08 Å². The van der Waals surface area contributed by atoms with Gasteiger partial charge in [-0.05, 0) is 102 Å². The van der Waals surface area contributed by atoms with Crippen molar-refractivity contribution in [3.05, 3.63) is 123 Å². The van der Waals surface area contributed by atoms with E-state index in [0.29, 0.717) is 16.8 Å². The van der Waals surface area contributed by atoms with Crippen LogP contribution in [0.4, 0.5) is 0 Å². The first-order chi connectivity index (χ1) is 27.1. The largest absolute Gasteiger partial charge is 2.00 e. The van der Waals surface area contributed by atoms with Crippen LogP contribution >= 0.6 is 0 Å². The van der Waals surface area contributed by atoms with Gasteiger partial charge in [0.15, 0.2) is 0 Å². The summed E-state index contributed by atoms with van der Waals surface area (Å²) in [6.45, 7) is 27.0. The normalized spacial score (nSPS) is 13.2. The topological polar surface area (TPSA) is 80.3 Å². The molecule has 0 atom stereocenters. The molecule has 59 heavy (non-hydrogen) atoms. The van der Waals surface area contributed by atoms with E-state index in [-0.39, 0.29) is 38.2 Å². The van der Waals surface area contributed by atoms with Crippen LogP contribution < -0.4 is 9.97 Å². The Labute approximate surface area is 360 Å². The summed E-state index contributed by atoms with van der Waals surface area (Å²) in [7, 11) is 1.38. The van der Waals surface area contributed by atoms with Gasteiger partial charge >= 0.3 is 22.5 Å². The second kappa shape index (κ2) is 15.7. The van der Waals surface area contributed by atoms with Crippen LogP contribution in [0.15, 0.2) is 72.8 Å². The first kappa shape index (κ1) is 43.3. The smallest absolute Gasteiger partial charge is 0.657 e. The van der Waals surface area contributed by atoms with Gasteiger partial charge in [0.2, 0.25) is 0 Å². The molecule has 0 N–H and O–H groups in total. The van der Waals surface area contributed by atoms with Crippen molar-refractivity contribution in [1.82, 2.24) is 19.9 Å². The molecule has 5 aromatic rings. The van der Waals surface area contributed by atoms with Gasteiger partial charge in [-0.3, -0.25) is 0 Å². The summed E-state index contributed by atoms with van der Waals surface area (Å²) in [5.74, 6) is -0.460. The molecule has 5 heterocycles. The van der Waals surface area contributed by atoms with Crippen molar-refractivity contribution < 1.29 is 26.0 Å². The van der Waals surface area contributed by atoms with Gasteiger partial charge in [0.25, 0.3) is 0 Å². The summed E-state index contributed by atoms with van der Waals surface area (Å²) in [4.78, 5) is 33.7. The standard InChI is InChI=1S/C52H57N4O2.Ni/c1-49(2,3)33-24-31(25-34(28-33)50(4,5)6)47-42-17-14-37(53-42)30-38-15-18-43(54-38)48(32-26-35(51(7,8)9)29-36(27-32)52(10,11)12)45-22-20-41(56-45)39(16-23-46(57)58-13)40-19-21-44(47)55-40;/h14-30H,1-13H3,(H-,53,54,55,56,57);/q-1;+2/p-1. The fourth-order valence-corrected chi connectivity index (χ4v) is 7.30. The average molecular weight is 828 g/mol. The van der Waals surface area contributed by atoms with E-state index in [2.05, 4.69) is 144 Å². The first-order valence-corrected chi connectivity index (χ1v) is 20.2. The van der Waals surface area contributed by atoms with Gasteiger partial charge in [-0.1, -0.05) is 150 Å². The van der Waals surface area contributed by atoms with Gasteiger partial charge in [-0.15, -0.1) is 22.1 Å². The number of benzene rings is 2. The van der Waals surface area contributed by atoms with E-state index < -0.39 is 5.97 Å². The van der Waals surface area contributed by atoms with E-state index >= 15 is 0 Å². The molecule has 2 aliphatic rings. The number of ether oxygens (including phenoxy) is 1. The Hall–Kier alpha value is -5.26. The Morgan fingerprint density at radius 3 is 1.49 bits per heavy atom. The van der Waals surface area contributed by atoms with Crippen molar-refractivity contribution in [3.8, 4) is 22.3 Å². The molecule has 0 amide bonds. The number of hydrogen-bond acceptors (Lipinski definition) is 4. The van der Waals surface area contributed by atoms with Crippen molar-refractivity contribution >= 4 is 58.4 Å². The summed E-state index contributed by atoms with van der Waals surface area (Å²) in [6.07, 6.45) is 11.4. The zero-order valence-electron chi connectivity index (χ0n) is 36.7. The minimum Gasteiger partial charge on any atom is -0.657 e. The minimum atomic E-state index is -0.460. The number of carbonyl (C=O) groups is 1. The van der Waals surface area contributed by atoms with Gasteiger partial charge < -0.3 is 14.7 Å². The van der Waals surface area contributed by atoms with Gasteiger partial charge in [0.1, 0.15) is 0 Å². The van der Waals surface area contributed by atoms with Crippen molar-refractivity contribution in [2.24, 2.45) is 0 Å². The summed E-state index contributed by atoms with van der Waals surface area (Å²) in [5.41, 5.74) is 15.5. The molecule has 0 fully saturated rings. The fourth-order valence-electron chi connectivity index (χ4n) is 7.30. The van der Waals surface area contributed by atoms with E-state index in [4.69, 9.17) is 24.7 Å². The van der Waals surface area contributed by atoms with E-state index in [1.807, 2.05) is 30.4 Å². The number of rotatable bonds is 4. The number of fused-ring (bicyclic) bond motifs is 8. The van der Waals surface area contributed by atoms with Crippen molar-refractivity contribution in [3.63, 3.8) is 0 Å². The molecule has 2 aliphatic heterocycles. The van der Waals surface area contributed by atoms with Crippen LogP contribution in [0.5, 0.6) is 0 Å². The van der Waals surface area contributed by atoms with E-state index in [1.165, 1.54) is 35.4 Å². The third-order valence-corrected chi connectivity index (χ3v) is 11.0. The molecule has 8 bridgehead atoms. The number of nitrogens with zero attached hydrogens (tertiary/aromatic N) is 4. The van der Waals surface area contributed by atoms with Crippen molar-refractivity contribution in [1.29, 1.82) is 0 Å². The summed E-state index contributed by atoms with van der Waals surface area (Å²) >= 11 is 0. The maximum atomic E-state index is 12.6. The van der Waals surface area contributed by atoms with Gasteiger partial charge in [-0.2, -0.15) is 0 Å². The number of esters is 1. The first-order valence-electron chi connectivity index (χ1n) is 20.2. The zero-order valence-corrected chi connectivity index (χ0v) is 37.7. The second-order valence-electron chi connectivity index (χ2n) is 19.7. The van der Waals surface area contributed by atoms with E-state index in [1.54, 1.807) is 6.08 Å². The Morgan fingerprint density at radius 2 is 0.983 bits per heavy atom. The number of aromatic nitrogens is 4. The predicted molar refractivity (Wildman–Crippen MR) is 244 cm³/mol. The molecule has 0 unspecified atom stereocenters. The van der Waals surface area contributed by atoms with Crippen molar-refractivity contribution in [2.45, 2.75) is 105 Å². The molecule has 306 valence electrons. The monoisotopic (exact) mass is 826 g/mol. The average Bonchev–Trinajstić information content (AvgIpc) is 3.97. The molecule has 0 saturated heterocycles. The molecule has 0 spiro atoms. The zero-order chi connectivity index (χ0) is 41.9. The van der Waals surface area contributed by atoms with Crippen LogP contribution in [0.2, 0.25) is 0 Å². The SMILES string of the molecule is COC(=O)/C=C/c1c2nc(c(-c3cc(C(C)(C)C)cc(C(C)(C)C)c3)c3ccc(cc4nc(c(-c5cc(C(C)(C)C)cc(C(C)(C)C)c5)c5ccc1[n-]5)C=C4)[n-]3)C=C2.[Ni+2]. The molecule has 0 aliphatic carbocycles. The second-order valence-corrected chi connectivity index (χ2v) is 19.7. The summed E-state index contributed by atoms with van der Waals surface area (Å²) < 4.78 is 5.04. The Bertz CT molecular complexity index is 2570. The summed E-state index contributed by atoms with van der Waals surface area (Å²) in [5, 5.41) is 0. The number of carbonyl (C=O) groups excluding carboxylic acids is 1. The molecule has 0 radical (unpaired) electrons. The van der Waals surface area contributed by atoms with Crippen LogP contribution in [-0.4, -0.2) is 23.0 Å². The molecular formula is C52H56N4NiO2. The van der Waals surface area contributed by atoms with Crippen LogP contribution in [-0.2, 0) is 47.7 Å².